The molecule has 0 fully saturated rings. The quantitative estimate of drug-likeness (QED) is 0.803. The molecule has 104 valence electrons. The van der Waals surface area contributed by atoms with Gasteiger partial charge in [0.25, 0.3) is 0 Å². The average molecular weight is 255 g/mol. The van der Waals surface area contributed by atoms with Crippen LogP contribution in [-0.2, 0) is 13.6 Å². The molecule has 1 heterocycles. The molecule has 18 heavy (non-hydrogen) atoms. The Labute approximate surface area is 109 Å². The van der Waals surface area contributed by atoms with Crippen molar-refractivity contribution in [3.8, 4) is 5.88 Å². The van der Waals surface area contributed by atoms with Gasteiger partial charge in [-0.25, -0.2) is 4.68 Å². The summed E-state index contributed by atoms with van der Waals surface area (Å²) in [5, 5.41) is 17.7. The molecule has 0 saturated carbocycles. The van der Waals surface area contributed by atoms with E-state index in [1.54, 1.807) is 11.8 Å². The van der Waals surface area contributed by atoms with Gasteiger partial charge in [-0.2, -0.15) is 5.10 Å². The van der Waals surface area contributed by atoms with E-state index in [0.717, 1.165) is 17.1 Å². The Hall–Kier alpha value is -1.07. The standard InChI is InChI=1S/C13H25N3O2/c1-9(2)13(4,17)8-14-7-11-10(3)15-16(5)12(11)18-6/h9,14,17H,7-8H2,1-6H3. The van der Waals surface area contributed by atoms with Crippen molar-refractivity contribution in [3.05, 3.63) is 11.3 Å². The summed E-state index contributed by atoms with van der Waals surface area (Å²) in [6, 6.07) is 0. The predicted molar refractivity (Wildman–Crippen MR) is 71.7 cm³/mol. The van der Waals surface area contributed by atoms with Crippen LogP contribution >= 0.6 is 0 Å². The van der Waals surface area contributed by atoms with Crippen LogP contribution < -0.4 is 10.1 Å². The molecule has 0 saturated heterocycles. The summed E-state index contributed by atoms with van der Waals surface area (Å²) in [7, 11) is 3.50. The van der Waals surface area contributed by atoms with E-state index in [1.807, 2.05) is 34.7 Å². The van der Waals surface area contributed by atoms with Crippen LogP contribution in [0.5, 0.6) is 5.88 Å². The maximum Gasteiger partial charge on any atom is 0.216 e. The van der Waals surface area contributed by atoms with E-state index in [-0.39, 0.29) is 5.92 Å². The van der Waals surface area contributed by atoms with Crippen LogP contribution in [0.3, 0.4) is 0 Å². The Balaban J connectivity index is 2.65. The van der Waals surface area contributed by atoms with Crippen molar-refractivity contribution >= 4 is 0 Å². The zero-order chi connectivity index (χ0) is 13.9. The van der Waals surface area contributed by atoms with Crippen molar-refractivity contribution < 1.29 is 9.84 Å². The summed E-state index contributed by atoms with van der Waals surface area (Å²) < 4.78 is 7.05. The first kappa shape index (κ1) is 15.0. The lowest BCUT2D eigenvalue weighted by Crippen LogP contribution is -2.42. The normalized spacial score (nSPS) is 14.9. The fourth-order valence-corrected chi connectivity index (χ4v) is 1.78. The zero-order valence-electron chi connectivity index (χ0n) is 12.2. The minimum Gasteiger partial charge on any atom is -0.481 e. The van der Waals surface area contributed by atoms with Gasteiger partial charge in [-0.15, -0.1) is 0 Å². The average Bonchev–Trinajstić information content (AvgIpc) is 2.53. The number of nitrogens with one attached hydrogen (secondary N) is 1. The number of hydrogen-bond acceptors (Lipinski definition) is 4. The zero-order valence-corrected chi connectivity index (χ0v) is 12.2. The van der Waals surface area contributed by atoms with Crippen molar-refractivity contribution in [3.63, 3.8) is 0 Å². The lowest BCUT2D eigenvalue weighted by Gasteiger charge is -2.28. The summed E-state index contributed by atoms with van der Waals surface area (Å²) >= 11 is 0. The molecule has 0 amide bonds. The second-order valence-corrected chi connectivity index (χ2v) is 5.31. The molecule has 0 aliphatic heterocycles. The van der Waals surface area contributed by atoms with Crippen LogP contribution in [0.4, 0.5) is 0 Å². The van der Waals surface area contributed by atoms with Crippen LogP contribution in [0.1, 0.15) is 32.0 Å². The molecule has 1 unspecified atom stereocenters. The van der Waals surface area contributed by atoms with Gasteiger partial charge in [0, 0.05) is 20.1 Å². The van der Waals surface area contributed by atoms with Crippen LogP contribution in [0.25, 0.3) is 0 Å². The van der Waals surface area contributed by atoms with E-state index < -0.39 is 5.60 Å². The first-order valence-corrected chi connectivity index (χ1v) is 6.29. The van der Waals surface area contributed by atoms with Crippen LogP contribution in [0.2, 0.25) is 0 Å². The number of aliphatic hydroxyl groups is 1. The van der Waals surface area contributed by atoms with Crippen molar-refractivity contribution in [2.24, 2.45) is 13.0 Å². The van der Waals surface area contributed by atoms with Gasteiger partial charge in [0.2, 0.25) is 5.88 Å². The highest BCUT2D eigenvalue weighted by atomic mass is 16.5. The molecule has 5 heteroatoms. The Bertz CT molecular complexity index is 397. The van der Waals surface area contributed by atoms with Crippen LogP contribution in [0.15, 0.2) is 0 Å². The molecule has 0 spiro atoms. The van der Waals surface area contributed by atoms with Crippen molar-refractivity contribution in [1.82, 2.24) is 15.1 Å². The molecule has 1 atom stereocenters. The van der Waals surface area contributed by atoms with Gasteiger partial charge in [-0.3, -0.25) is 0 Å². The van der Waals surface area contributed by atoms with Gasteiger partial charge in [0.15, 0.2) is 0 Å². The molecule has 0 radical (unpaired) electrons. The van der Waals surface area contributed by atoms with Gasteiger partial charge < -0.3 is 15.2 Å². The van der Waals surface area contributed by atoms with Gasteiger partial charge in [0.1, 0.15) is 0 Å². The Morgan fingerprint density at radius 1 is 1.50 bits per heavy atom. The maximum atomic E-state index is 10.2. The highest BCUT2D eigenvalue weighted by Gasteiger charge is 2.24. The third-order valence-corrected chi connectivity index (χ3v) is 3.51. The Morgan fingerprint density at radius 2 is 2.11 bits per heavy atom. The Morgan fingerprint density at radius 3 is 2.61 bits per heavy atom. The lowest BCUT2D eigenvalue weighted by atomic mass is 9.92. The fourth-order valence-electron chi connectivity index (χ4n) is 1.78. The highest BCUT2D eigenvalue weighted by Crippen LogP contribution is 2.21. The largest absolute Gasteiger partial charge is 0.481 e. The second kappa shape index (κ2) is 5.71. The van der Waals surface area contributed by atoms with Gasteiger partial charge in [0.05, 0.1) is 24.0 Å². The topological polar surface area (TPSA) is 59.3 Å². The van der Waals surface area contributed by atoms with E-state index in [1.165, 1.54) is 0 Å². The summed E-state index contributed by atoms with van der Waals surface area (Å²) in [4.78, 5) is 0. The SMILES string of the molecule is COc1c(CNCC(C)(O)C(C)C)c(C)nn1C. The van der Waals surface area contributed by atoms with Crippen molar-refractivity contribution in [2.75, 3.05) is 13.7 Å². The number of hydrogen-bond donors (Lipinski definition) is 2. The second-order valence-electron chi connectivity index (χ2n) is 5.31. The molecule has 1 rings (SSSR count). The lowest BCUT2D eigenvalue weighted by molar-refractivity contribution is 0.0139. The molecule has 1 aromatic rings. The summed E-state index contributed by atoms with van der Waals surface area (Å²) in [6.45, 7) is 9.02. The summed E-state index contributed by atoms with van der Waals surface area (Å²) in [6.07, 6.45) is 0. The van der Waals surface area contributed by atoms with Gasteiger partial charge >= 0.3 is 0 Å². The molecule has 5 nitrogen and oxygen atoms in total. The van der Waals surface area contributed by atoms with Gasteiger partial charge in [-0.05, 0) is 19.8 Å². The number of rotatable bonds is 6. The van der Waals surface area contributed by atoms with Crippen LogP contribution in [0, 0.1) is 12.8 Å². The molecule has 0 aliphatic rings. The summed E-state index contributed by atoms with van der Waals surface area (Å²) in [5.41, 5.74) is 1.29. The first-order valence-electron chi connectivity index (χ1n) is 6.29. The minimum atomic E-state index is -0.705. The molecule has 0 aliphatic carbocycles. The van der Waals surface area contributed by atoms with Crippen LogP contribution in [-0.4, -0.2) is 34.1 Å². The Kier molecular flexibility index (Phi) is 4.76. The molecule has 0 bridgehead atoms. The molecular weight excluding hydrogens is 230 g/mol. The van der Waals surface area contributed by atoms with Gasteiger partial charge in [-0.1, -0.05) is 13.8 Å². The third-order valence-electron chi connectivity index (χ3n) is 3.51. The van der Waals surface area contributed by atoms with E-state index >= 15 is 0 Å². The van der Waals surface area contributed by atoms with E-state index in [0.29, 0.717) is 13.1 Å². The van der Waals surface area contributed by atoms with E-state index in [4.69, 9.17) is 4.74 Å². The molecule has 2 N–H and O–H groups in total. The monoisotopic (exact) mass is 255 g/mol. The number of aryl methyl sites for hydroxylation is 2. The predicted octanol–water partition coefficient (Wildman–Crippen LogP) is 1.23. The van der Waals surface area contributed by atoms with Crippen molar-refractivity contribution in [2.45, 2.75) is 39.8 Å². The minimum absolute atomic E-state index is 0.210. The van der Waals surface area contributed by atoms with Crippen molar-refractivity contribution in [1.29, 1.82) is 0 Å². The number of nitrogens with zero attached hydrogens (tertiary/aromatic N) is 2. The molecular formula is C13H25N3O2. The number of ether oxygens (including phenoxy) is 1. The fraction of sp³-hybridized carbons (Fsp3) is 0.769. The number of methoxy groups -OCH3 is 1. The smallest absolute Gasteiger partial charge is 0.216 e. The first-order chi connectivity index (χ1) is 8.29. The molecule has 0 aromatic carbocycles. The third kappa shape index (κ3) is 3.23. The highest BCUT2D eigenvalue weighted by molar-refractivity contribution is 5.30. The summed E-state index contributed by atoms with van der Waals surface area (Å²) in [5.74, 6) is 0.978. The molecule has 1 aromatic heterocycles. The number of aromatic nitrogens is 2. The van der Waals surface area contributed by atoms with E-state index in [2.05, 4.69) is 10.4 Å². The maximum absolute atomic E-state index is 10.2. The van der Waals surface area contributed by atoms with E-state index in [9.17, 15) is 5.11 Å².